The van der Waals surface area contributed by atoms with E-state index in [1.54, 1.807) is 24.3 Å². The molecule has 0 aliphatic heterocycles. The van der Waals surface area contributed by atoms with Gasteiger partial charge in [-0.15, -0.1) is 0 Å². The Kier molecular flexibility index (Phi) is 7.58. The quantitative estimate of drug-likeness (QED) is 0.550. The summed E-state index contributed by atoms with van der Waals surface area (Å²) in [5.74, 6) is 0.179. The molecule has 24 heavy (non-hydrogen) atoms. The van der Waals surface area contributed by atoms with Gasteiger partial charge in [0, 0.05) is 13.1 Å². The maximum atomic E-state index is 11.7. The Hall–Kier alpha value is -1.54. The Labute approximate surface area is 156 Å². The van der Waals surface area contributed by atoms with Crippen LogP contribution < -0.4 is 10.6 Å². The molecule has 2 heterocycles. The molecule has 0 bridgehead atoms. The highest BCUT2D eigenvalue weighted by molar-refractivity contribution is 9.10. The van der Waals surface area contributed by atoms with Gasteiger partial charge in [-0.05, 0) is 69.0 Å². The fraction of sp³-hybridized carbons (Fsp3) is 0.375. The molecule has 0 radical (unpaired) electrons. The molecule has 130 valence electrons. The third-order valence-electron chi connectivity index (χ3n) is 3.27. The summed E-state index contributed by atoms with van der Waals surface area (Å²) in [7, 11) is 0. The lowest BCUT2D eigenvalue weighted by atomic mass is 10.2. The zero-order valence-electron chi connectivity index (χ0n) is 12.9. The number of hydrogen-bond acceptors (Lipinski definition) is 4. The van der Waals surface area contributed by atoms with Gasteiger partial charge >= 0.3 is 0 Å². The first kappa shape index (κ1) is 18.8. The van der Waals surface area contributed by atoms with Crippen LogP contribution in [0.5, 0.6) is 0 Å². The number of carbonyl (C=O) groups is 2. The van der Waals surface area contributed by atoms with Crippen molar-refractivity contribution in [1.29, 1.82) is 0 Å². The summed E-state index contributed by atoms with van der Waals surface area (Å²) in [6.07, 6.45) is 3.72. The molecule has 0 fully saturated rings. The number of nitrogens with one attached hydrogen (secondary N) is 2. The van der Waals surface area contributed by atoms with Crippen molar-refractivity contribution in [2.24, 2.45) is 0 Å². The van der Waals surface area contributed by atoms with Gasteiger partial charge in [-0.2, -0.15) is 0 Å². The molecule has 0 aliphatic rings. The van der Waals surface area contributed by atoms with E-state index in [2.05, 4.69) is 42.5 Å². The van der Waals surface area contributed by atoms with E-state index in [-0.39, 0.29) is 11.8 Å². The molecule has 6 nitrogen and oxygen atoms in total. The van der Waals surface area contributed by atoms with Crippen LogP contribution in [0.4, 0.5) is 0 Å². The Bertz CT molecular complexity index is 623. The standard InChI is InChI=1S/C16H18Br2N2O4/c17-13-7-5-11(23-13)15(21)19-9-3-1-2-4-10-20-16(22)12-6-8-14(18)24-12/h5-8H,1-4,9-10H2,(H,19,21)(H,20,22). The minimum Gasteiger partial charge on any atom is -0.444 e. The van der Waals surface area contributed by atoms with Gasteiger partial charge in [0.05, 0.1) is 0 Å². The average Bonchev–Trinajstić information content (AvgIpc) is 3.18. The second-order valence-electron chi connectivity index (χ2n) is 5.13. The third kappa shape index (κ3) is 6.16. The van der Waals surface area contributed by atoms with Crippen molar-refractivity contribution in [2.45, 2.75) is 25.7 Å². The first-order chi connectivity index (χ1) is 11.6. The van der Waals surface area contributed by atoms with Crippen molar-refractivity contribution >= 4 is 43.7 Å². The van der Waals surface area contributed by atoms with Crippen LogP contribution in [0.15, 0.2) is 42.4 Å². The van der Waals surface area contributed by atoms with E-state index in [1.165, 1.54) is 0 Å². The zero-order valence-corrected chi connectivity index (χ0v) is 16.1. The maximum Gasteiger partial charge on any atom is 0.287 e. The molecule has 8 heteroatoms. The van der Waals surface area contributed by atoms with E-state index in [0.717, 1.165) is 25.7 Å². The largest absolute Gasteiger partial charge is 0.444 e. The van der Waals surface area contributed by atoms with Crippen LogP contribution in [0.25, 0.3) is 0 Å². The monoisotopic (exact) mass is 460 g/mol. The SMILES string of the molecule is O=C(NCCCCCCNC(=O)c1ccc(Br)o1)c1ccc(Br)o1. The summed E-state index contributed by atoms with van der Waals surface area (Å²) in [6, 6.07) is 6.62. The molecule has 0 spiro atoms. The minimum atomic E-state index is -0.211. The predicted octanol–water partition coefficient (Wildman–Crippen LogP) is 4.12. The maximum absolute atomic E-state index is 11.7. The van der Waals surface area contributed by atoms with E-state index in [1.807, 2.05) is 0 Å². The summed E-state index contributed by atoms with van der Waals surface area (Å²) in [6.45, 7) is 1.20. The summed E-state index contributed by atoms with van der Waals surface area (Å²) < 4.78 is 11.4. The number of rotatable bonds is 9. The van der Waals surface area contributed by atoms with Crippen LogP contribution in [0.2, 0.25) is 0 Å². The lowest BCUT2D eigenvalue weighted by Gasteiger charge is -2.04. The fourth-order valence-electron chi connectivity index (χ4n) is 2.05. The molecule has 0 aliphatic carbocycles. The molecule has 2 rings (SSSR count). The van der Waals surface area contributed by atoms with Crippen LogP contribution in [0.1, 0.15) is 46.8 Å². The number of amides is 2. The van der Waals surface area contributed by atoms with Crippen molar-refractivity contribution < 1.29 is 18.4 Å². The summed E-state index contributed by atoms with van der Waals surface area (Å²) in [5, 5.41) is 5.61. The van der Waals surface area contributed by atoms with Crippen LogP contribution >= 0.6 is 31.9 Å². The summed E-state index contributed by atoms with van der Waals surface area (Å²) >= 11 is 6.32. The lowest BCUT2D eigenvalue weighted by Crippen LogP contribution is -2.24. The Balaban J connectivity index is 1.48. The van der Waals surface area contributed by atoms with E-state index < -0.39 is 0 Å². The number of carbonyl (C=O) groups excluding carboxylic acids is 2. The normalized spacial score (nSPS) is 10.6. The van der Waals surface area contributed by atoms with Crippen molar-refractivity contribution in [3.05, 3.63) is 45.1 Å². The van der Waals surface area contributed by atoms with Crippen LogP contribution in [-0.2, 0) is 0 Å². The minimum absolute atomic E-state index is 0.211. The van der Waals surface area contributed by atoms with Gasteiger partial charge in [-0.1, -0.05) is 12.8 Å². The van der Waals surface area contributed by atoms with Gasteiger partial charge in [-0.3, -0.25) is 9.59 Å². The average molecular weight is 462 g/mol. The number of unbranched alkanes of at least 4 members (excludes halogenated alkanes) is 3. The van der Waals surface area contributed by atoms with Gasteiger partial charge in [0.15, 0.2) is 20.9 Å². The van der Waals surface area contributed by atoms with Crippen LogP contribution in [0, 0.1) is 0 Å². The molecule has 0 saturated carbocycles. The van der Waals surface area contributed by atoms with E-state index in [9.17, 15) is 9.59 Å². The fourth-order valence-corrected chi connectivity index (χ4v) is 2.67. The molecule has 2 N–H and O–H groups in total. The van der Waals surface area contributed by atoms with Gasteiger partial charge in [0.25, 0.3) is 11.8 Å². The molecule has 0 atom stereocenters. The summed E-state index contributed by atoms with van der Waals surface area (Å²) in [4.78, 5) is 23.4. The summed E-state index contributed by atoms with van der Waals surface area (Å²) in [5.41, 5.74) is 0. The molecule has 0 aromatic carbocycles. The number of halogens is 2. The van der Waals surface area contributed by atoms with Crippen molar-refractivity contribution in [3.8, 4) is 0 Å². The number of hydrogen-bond donors (Lipinski definition) is 2. The Morgan fingerprint density at radius 2 is 1.17 bits per heavy atom. The van der Waals surface area contributed by atoms with Gasteiger partial charge in [0.2, 0.25) is 0 Å². The molecule has 2 amide bonds. The number of furan rings is 2. The van der Waals surface area contributed by atoms with E-state index in [0.29, 0.717) is 33.9 Å². The molecular weight excluding hydrogens is 444 g/mol. The molecule has 2 aromatic rings. The zero-order chi connectivity index (χ0) is 17.4. The van der Waals surface area contributed by atoms with Crippen molar-refractivity contribution in [1.82, 2.24) is 10.6 Å². The highest BCUT2D eigenvalue weighted by Gasteiger charge is 2.10. The molecular formula is C16H18Br2N2O4. The van der Waals surface area contributed by atoms with Crippen molar-refractivity contribution in [3.63, 3.8) is 0 Å². The Morgan fingerprint density at radius 3 is 1.50 bits per heavy atom. The van der Waals surface area contributed by atoms with Crippen LogP contribution in [0.3, 0.4) is 0 Å². The second kappa shape index (κ2) is 9.68. The van der Waals surface area contributed by atoms with Gasteiger partial charge < -0.3 is 19.5 Å². The first-order valence-electron chi connectivity index (χ1n) is 7.63. The highest BCUT2D eigenvalue weighted by atomic mass is 79.9. The highest BCUT2D eigenvalue weighted by Crippen LogP contribution is 2.14. The van der Waals surface area contributed by atoms with Crippen molar-refractivity contribution in [2.75, 3.05) is 13.1 Å². The molecule has 0 unspecified atom stereocenters. The molecule has 2 aromatic heterocycles. The van der Waals surface area contributed by atoms with Crippen LogP contribution in [-0.4, -0.2) is 24.9 Å². The molecule has 0 saturated heterocycles. The van der Waals surface area contributed by atoms with Gasteiger partial charge in [0.1, 0.15) is 0 Å². The van der Waals surface area contributed by atoms with E-state index in [4.69, 9.17) is 8.83 Å². The smallest absolute Gasteiger partial charge is 0.287 e. The third-order valence-corrected chi connectivity index (χ3v) is 4.12. The topological polar surface area (TPSA) is 84.5 Å². The van der Waals surface area contributed by atoms with Gasteiger partial charge in [-0.25, -0.2) is 0 Å². The first-order valence-corrected chi connectivity index (χ1v) is 9.22. The Morgan fingerprint density at radius 1 is 0.750 bits per heavy atom. The predicted molar refractivity (Wildman–Crippen MR) is 96.0 cm³/mol. The van der Waals surface area contributed by atoms with E-state index >= 15 is 0 Å². The lowest BCUT2D eigenvalue weighted by molar-refractivity contribution is 0.0915. The second-order valence-corrected chi connectivity index (χ2v) is 6.70.